The van der Waals surface area contributed by atoms with Crippen LogP contribution in [0.15, 0.2) is 6.07 Å². The van der Waals surface area contributed by atoms with E-state index >= 15 is 0 Å². The molecule has 0 aliphatic heterocycles. The van der Waals surface area contributed by atoms with Gasteiger partial charge in [-0.1, -0.05) is 89.2 Å². The molecule has 0 aromatic heterocycles. The minimum Gasteiger partial charge on any atom is -0.0615 e. The van der Waals surface area contributed by atoms with Gasteiger partial charge in [0.1, 0.15) is 0 Å². The number of benzene rings is 1. The zero-order valence-electron chi connectivity index (χ0n) is 24.1. The quantitative estimate of drug-likeness (QED) is 0.380. The van der Waals surface area contributed by atoms with E-state index in [4.69, 9.17) is 0 Å². The van der Waals surface area contributed by atoms with Crippen LogP contribution in [-0.2, 0) is 5.41 Å². The molecule has 3 aliphatic carbocycles. The van der Waals surface area contributed by atoms with Crippen LogP contribution in [0.2, 0.25) is 0 Å². The summed E-state index contributed by atoms with van der Waals surface area (Å²) in [6.45, 7) is 38.7. The minimum atomic E-state index is 0.131. The Morgan fingerprint density at radius 2 is 1.28 bits per heavy atom. The van der Waals surface area contributed by atoms with Gasteiger partial charge in [-0.05, 0) is 106 Å². The molecule has 2 saturated carbocycles. The molecule has 4 unspecified atom stereocenters. The Kier molecular flexibility index (Phi) is 4.76. The summed E-state index contributed by atoms with van der Waals surface area (Å²) >= 11 is 0. The van der Waals surface area contributed by atoms with Crippen molar-refractivity contribution in [1.82, 2.24) is 0 Å². The van der Waals surface area contributed by atoms with E-state index in [0.29, 0.717) is 23.2 Å². The number of hydrogen-bond donors (Lipinski definition) is 0. The van der Waals surface area contributed by atoms with Crippen LogP contribution in [0.5, 0.6) is 0 Å². The van der Waals surface area contributed by atoms with Crippen LogP contribution >= 0.6 is 0 Å². The summed E-state index contributed by atoms with van der Waals surface area (Å²) in [6, 6.07) is 2.57. The lowest BCUT2D eigenvalue weighted by molar-refractivity contribution is -0.227. The van der Waals surface area contributed by atoms with Crippen molar-refractivity contribution in [3.8, 4) is 0 Å². The van der Waals surface area contributed by atoms with E-state index in [2.05, 4.69) is 110 Å². The van der Waals surface area contributed by atoms with Crippen molar-refractivity contribution in [2.45, 2.75) is 122 Å². The molecule has 0 bridgehead atoms. The van der Waals surface area contributed by atoms with Crippen molar-refractivity contribution < 1.29 is 0 Å². The molecular formula is C32H52. The Balaban J connectivity index is 2.20. The number of aryl methyl sites for hydroxylation is 1. The summed E-state index contributed by atoms with van der Waals surface area (Å²) in [5, 5.41) is 0. The standard InChI is InChI=1S/C32H52/c1-18-16-24-21(4)22(5)30(13)31(14)25(28(9,10)23(6)29(31,11)12)17-27(7,8)32(30,15)26(24)20(3)19(18)2/h16,21-23,25H,17H2,1-15H3/t21?,22?,23?,25?,30-,31-,32-/m0/s1. The zero-order chi connectivity index (χ0) is 24.6. The fourth-order valence-corrected chi connectivity index (χ4v) is 10.7. The van der Waals surface area contributed by atoms with Crippen LogP contribution in [0.1, 0.15) is 123 Å². The first-order chi connectivity index (χ1) is 14.3. The molecule has 7 atom stereocenters. The van der Waals surface area contributed by atoms with Gasteiger partial charge in [0, 0.05) is 5.41 Å². The van der Waals surface area contributed by atoms with Crippen LogP contribution in [-0.4, -0.2) is 0 Å². The number of fused-ring (bicyclic) bond motifs is 5. The van der Waals surface area contributed by atoms with Crippen LogP contribution in [0.4, 0.5) is 0 Å². The van der Waals surface area contributed by atoms with Crippen LogP contribution in [0.3, 0.4) is 0 Å². The van der Waals surface area contributed by atoms with Crippen molar-refractivity contribution in [2.24, 2.45) is 44.8 Å². The maximum absolute atomic E-state index is 2.75. The molecule has 0 heteroatoms. The van der Waals surface area contributed by atoms with Gasteiger partial charge in [0.2, 0.25) is 0 Å². The first-order valence-electron chi connectivity index (χ1n) is 13.4. The lowest BCUT2D eigenvalue weighted by atomic mass is 9.28. The molecule has 3 aliphatic rings. The predicted molar refractivity (Wildman–Crippen MR) is 140 cm³/mol. The van der Waals surface area contributed by atoms with Crippen molar-refractivity contribution >= 4 is 0 Å². The predicted octanol–water partition coefficient (Wildman–Crippen LogP) is 9.38. The highest BCUT2D eigenvalue weighted by atomic mass is 14.8. The Morgan fingerprint density at radius 3 is 1.81 bits per heavy atom. The summed E-state index contributed by atoms with van der Waals surface area (Å²) < 4.78 is 0. The summed E-state index contributed by atoms with van der Waals surface area (Å²) in [5.74, 6) is 2.65. The lowest BCUT2D eigenvalue weighted by Crippen LogP contribution is -2.72. The molecule has 0 radical (unpaired) electrons. The molecule has 0 amide bonds. The highest BCUT2D eigenvalue weighted by molar-refractivity contribution is 5.55. The van der Waals surface area contributed by atoms with Gasteiger partial charge < -0.3 is 0 Å². The first kappa shape index (κ1) is 24.3. The van der Waals surface area contributed by atoms with Gasteiger partial charge in [0.05, 0.1) is 0 Å². The lowest BCUT2D eigenvalue weighted by Gasteiger charge is -2.76. The van der Waals surface area contributed by atoms with Crippen LogP contribution in [0.25, 0.3) is 0 Å². The van der Waals surface area contributed by atoms with E-state index in [0.717, 1.165) is 5.92 Å². The van der Waals surface area contributed by atoms with Gasteiger partial charge in [-0.2, -0.15) is 0 Å². The second kappa shape index (κ2) is 6.26. The second-order valence-electron chi connectivity index (χ2n) is 14.9. The highest BCUT2D eigenvalue weighted by Gasteiger charge is 2.80. The summed E-state index contributed by atoms with van der Waals surface area (Å²) in [4.78, 5) is 0. The molecule has 0 N–H and O–H groups in total. The van der Waals surface area contributed by atoms with Crippen molar-refractivity contribution in [2.75, 3.05) is 0 Å². The molecule has 4 rings (SSSR count). The Labute approximate surface area is 200 Å². The zero-order valence-corrected chi connectivity index (χ0v) is 24.1. The molecule has 180 valence electrons. The van der Waals surface area contributed by atoms with Gasteiger partial charge >= 0.3 is 0 Å². The molecule has 1 aromatic rings. The monoisotopic (exact) mass is 436 g/mol. The molecule has 0 saturated heterocycles. The highest BCUT2D eigenvalue weighted by Crippen LogP contribution is 2.85. The maximum atomic E-state index is 2.75. The van der Waals surface area contributed by atoms with Gasteiger partial charge in [-0.25, -0.2) is 0 Å². The van der Waals surface area contributed by atoms with E-state index in [1.165, 1.54) is 17.5 Å². The average molecular weight is 437 g/mol. The SMILES string of the molecule is Cc1cc2c(c(C)c1C)[C@@]1(C)C(C)(C)CC3C(C)(C)C(C)C(C)(C)[C@@]3(C)[C@]1(C)C(C)C2C. The smallest absolute Gasteiger partial charge is 0.00435 e. The largest absolute Gasteiger partial charge is 0.0615 e. The summed E-state index contributed by atoms with van der Waals surface area (Å²) in [5.41, 5.74) is 9.39. The molecule has 0 nitrogen and oxygen atoms in total. The van der Waals surface area contributed by atoms with Crippen LogP contribution < -0.4 is 0 Å². The summed E-state index contributed by atoms with van der Waals surface area (Å²) in [7, 11) is 0. The van der Waals surface area contributed by atoms with Crippen molar-refractivity contribution in [1.29, 1.82) is 0 Å². The average Bonchev–Trinajstić information content (AvgIpc) is 2.78. The fourth-order valence-electron chi connectivity index (χ4n) is 10.7. The molecular weight excluding hydrogens is 384 g/mol. The first-order valence-corrected chi connectivity index (χ1v) is 13.4. The van der Waals surface area contributed by atoms with E-state index in [1.54, 1.807) is 16.7 Å². The van der Waals surface area contributed by atoms with E-state index < -0.39 is 0 Å². The van der Waals surface area contributed by atoms with Gasteiger partial charge in [-0.3, -0.25) is 0 Å². The number of rotatable bonds is 0. The van der Waals surface area contributed by atoms with Crippen molar-refractivity contribution in [3.63, 3.8) is 0 Å². The molecule has 2 fully saturated rings. The third-order valence-electron chi connectivity index (χ3n) is 14.2. The molecule has 0 spiro atoms. The molecule has 0 heterocycles. The van der Waals surface area contributed by atoms with Gasteiger partial charge in [0.15, 0.2) is 0 Å². The topological polar surface area (TPSA) is 0 Å². The van der Waals surface area contributed by atoms with Gasteiger partial charge in [0.25, 0.3) is 0 Å². The molecule has 1 aromatic carbocycles. The second-order valence-corrected chi connectivity index (χ2v) is 14.9. The normalized spacial score (nSPS) is 45.7. The third-order valence-corrected chi connectivity index (χ3v) is 14.2. The maximum Gasteiger partial charge on any atom is 0.00435 e. The Hall–Kier alpha value is -0.780. The third kappa shape index (κ3) is 2.14. The van der Waals surface area contributed by atoms with Gasteiger partial charge in [-0.15, -0.1) is 0 Å². The Morgan fingerprint density at radius 1 is 0.750 bits per heavy atom. The van der Waals surface area contributed by atoms with Crippen LogP contribution in [0, 0.1) is 65.6 Å². The number of hydrogen-bond acceptors (Lipinski definition) is 0. The fraction of sp³-hybridized carbons (Fsp3) is 0.812. The Bertz CT molecular complexity index is 974. The van der Waals surface area contributed by atoms with E-state index in [1.807, 2.05) is 0 Å². The molecule has 32 heavy (non-hydrogen) atoms. The minimum absolute atomic E-state index is 0.131. The van der Waals surface area contributed by atoms with E-state index in [9.17, 15) is 0 Å². The van der Waals surface area contributed by atoms with E-state index in [-0.39, 0.29) is 27.1 Å². The van der Waals surface area contributed by atoms with Crippen molar-refractivity contribution in [3.05, 3.63) is 33.9 Å². The summed E-state index contributed by atoms with van der Waals surface area (Å²) in [6.07, 6.45) is 1.32.